The maximum Gasteiger partial charge on any atom is 0.234 e. The molecule has 4 aromatic rings. The second kappa shape index (κ2) is 8.68. The van der Waals surface area contributed by atoms with Gasteiger partial charge >= 0.3 is 0 Å². The van der Waals surface area contributed by atoms with Crippen LogP contribution in [0, 0.1) is 0 Å². The summed E-state index contributed by atoms with van der Waals surface area (Å²) in [6.45, 7) is 0.711. The molecule has 2 heterocycles. The summed E-state index contributed by atoms with van der Waals surface area (Å²) in [6.07, 6.45) is 3.82. The number of carbonyl (C=O) groups excluding carboxylic acids is 1. The molecular formula is C21H20N8OS. The highest BCUT2D eigenvalue weighted by atomic mass is 32.2. The third kappa shape index (κ3) is 4.64. The number of carbonyl (C=O) groups is 1. The highest BCUT2D eigenvalue weighted by Crippen LogP contribution is 2.40. The van der Waals surface area contributed by atoms with Crippen molar-refractivity contribution in [1.29, 1.82) is 0 Å². The third-order valence-electron chi connectivity index (χ3n) is 4.97. The van der Waals surface area contributed by atoms with E-state index in [0.29, 0.717) is 18.2 Å². The van der Waals surface area contributed by atoms with Gasteiger partial charge in [0.1, 0.15) is 12.2 Å². The number of thioether (sulfide) groups is 1. The number of aromatic nitrogens is 7. The van der Waals surface area contributed by atoms with E-state index in [1.165, 1.54) is 23.7 Å². The van der Waals surface area contributed by atoms with Crippen molar-refractivity contribution in [3.8, 4) is 5.69 Å². The van der Waals surface area contributed by atoms with Gasteiger partial charge < -0.3 is 9.88 Å². The first-order valence-corrected chi connectivity index (χ1v) is 11.0. The Kier molecular flexibility index (Phi) is 5.44. The van der Waals surface area contributed by atoms with Crippen LogP contribution in [0.2, 0.25) is 0 Å². The van der Waals surface area contributed by atoms with Gasteiger partial charge in [0.15, 0.2) is 5.16 Å². The standard InChI is InChI=1S/C21H20N8OS/c30-19(23-17-8-10-18(11-9-17)29-14-22-26-27-29)13-31-21-25-24-20(16-6-7-16)28(21)12-15-4-2-1-3-5-15/h1-5,8-11,14,16H,6-7,12-13H2,(H,23,30). The first-order valence-electron chi connectivity index (χ1n) is 9.99. The minimum absolute atomic E-state index is 0.0950. The molecule has 0 atom stereocenters. The lowest BCUT2D eigenvalue weighted by molar-refractivity contribution is -0.113. The van der Waals surface area contributed by atoms with Gasteiger partial charge in [-0.15, -0.1) is 15.3 Å². The lowest BCUT2D eigenvalue weighted by Crippen LogP contribution is -2.15. The summed E-state index contributed by atoms with van der Waals surface area (Å²) in [4.78, 5) is 12.5. The van der Waals surface area contributed by atoms with Crippen LogP contribution in [-0.2, 0) is 11.3 Å². The lowest BCUT2D eigenvalue weighted by Gasteiger charge is -2.10. The van der Waals surface area contributed by atoms with Gasteiger partial charge in [-0.1, -0.05) is 42.1 Å². The van der Waals surface area contributed by atoms with Crippen LogP contribution in [0.1, 0.15) is 30.1 Å². The molecule has 1 aliphatic rings. The number of rotatable bonds is 8. The molecule has 0 spiro atoms. The molecule has 2 aromatic carbocycles. The SMILES string of the molecule is O=C(CSc1nnc(C2CC2)n1Cc1ccccc1)Nc1ccc(-n2cnnn2)cc1. The van der Waals surface area contributed by atoms with Crippen molar-refractivity contribution in [2.24, 2.45) is 0 Å². The average molecular weight is 433 g/mol. The van der Waals surface area contributed by atoms with E-state index >= 15 is 0 Å². The van der Waals surface area contributed by atoms with E-state index in [1.807, 2.05) is 42.5 Å². The van der Waals surface area contributed by atoms with Crippen molar-refractivity contribution in [3.63, 3.8) is 0 Å². The van der Waals surface area contributed by atoms with E-state index in [4.69, 9.17) is 0 Å². The number of hydrogen-bond donors (Lipinski definition) is 1. The Morgan fingerprint density at radius 1 is 1.06 bits per heavy atom. The highest BCUT2D eigenvalue weighted by Gasteiger charge is 2.30. The zero-order valence-electron chi connectivity index (χ0n) is 16.6. The Morgan fingerprint density at radius 3 is 2.58 bits per heavy atom. The monoisotopic (exact) mass is 432 g/mol. The molecule has 1 aliphatic carbocycles. The van der Waals surface area contributed by atoms with Crippen molar-refractivity contribution in [3.05, 3.63) is 72.3 Å². The van der Waals surface area contributed by atoms with Crippen LogP contribution in [-0.4, -0.2) is 46.6 Å². The molecular weight excluding hydrogens is 412 g/mol. The Hall–Kier alpha value is -3.53. The van der Waals surface area contributed by atoms with E-state index in [-0.39, 0.29) is 11.7 Å². The van der Waals surface area contributed by atoms with Gasteiger partial charge in [-0.2, -0.15) is 0 Å². The smallest absolute Gasteiger partial charge is 0.234 e. The molecule has 5 rings (SSSR count). The summed E-state index contributed by atoms with van der Waals surface area (Å²) in [5, 5.41) is 23.6. The molecule has 1 fully saturated rings. The Labute approximate surface area is 182 Å². The predicted octanol–water partition coefficient (Wildman–Crippen LogP) is 2.91. The minimum Gasteiger partial charge on any atom is -0.325 e. The zero-order chi connectivity index (χ0) is 21.0. The fourth-order valence-corrected chi connectivity index (χ4v) is 4.01. The number of anilines is 1. The van der Waals surface area contributed by atoms with Gasteiger partial charge in [0, 0.05) is 11.6 Å². The van der Waals surface area contributed by atoms with Crippen molar-refractivity contribution >= 4 is 23.4 Å². The van der Waals surface area contributed by atoms with E-state index < -0.39 is 0 Å². The predicted molar refractivity (Wildman–Crippen MR) is 116 cm³/mol. The van der Waals surface area contributed by atoms with E-state index in [2.05, 4.69) is 47.7 Å². The fraction of sp³-hybridized carbons (Fsp3) is 0.238. The Balaban J connectivity index is 1.23. The third-order valence-corrected chi connectivity index (χ3v) is 5.94. The van der Waals surface area contributed by atoms with Crippen LogP contribution in [0.4, 0.5) is 5.69 Å². The van der Waals surface area contributed by atoms with Crippen molar-refractivity contribution in [1.82, 2.24) is 35.0 Å². The molecule has 1 saturated carbocycles. The van der Waals surface area contributed by atoms with Gasteiger partial charge in [0.2, 0.25) is 5.91 Å². The average Bonchev–Trinajstić information content (AvgIpc) is 3.33. The van der Waals surface area contributed by atoms with Crippen LogP contribution in [0.5, 0.6) is 0 Å². The quantitative estimate of drug-likeness (QED) is 0.427. The first kappa shape index (κ1) is 19.4. The minimum atomic E-state index is -0.0950. The highest BCUT2D eigenvalue weighted by molar-refractivity contribution is 7.99. The Morgan fingerprint density at radius 2 is 1.87 bits per heavy atom. The molecule has 0 bridgehead atoms. The second-order valence-corrected chi connectivity index (χ2v) is 8.27. The summed E-state index contributed by atoms with van der Waals surface area (Å²) in [5.41, 5.74) is 2.73. The van der Waals surface area contributed by atoms with Gasteiger partial charge in [-0.25, -0.2) is 4.68 Å². The number of tetrazole rings is 1. The fourth-order valence-electron chi connectivity index (χ4n) is 3.27. The number of nitrogens with zero attached hydrogens (tertiary/aromatic N) is 7. The molecule has 0 unspecified atom stereocenters. The summed E-state index contributed by atoms with van der Waals surface area (Å²) < 4.78 is 3.70. The van der Waals surface area contributed by atoms with Crippen LogP contribution in [0.3, 0.4) is 0 Å². The molecule has 1 amide bonds. The largest absolute Gasteiger partial charge is 0.325 e. The van der Waals surface area contributed by atoms with E-state index in [9.17, 15) is 4.79 Å². The zero-order valence-corrected chi connectivity index (χ0v) is 17.4. The number of nitrogens with one attached hydrogen (secondary N) is 1. The van der Waals surface area contributed by atoms with Crippen LogP contribution in [0.15, 0.2) is 66.1 Å². The lowest BCUT2D eigenvalue weighted by atomic mass is 10.2. The molecule has 1 N–H and O–H groups in total. The molecule has 31 heavy (non-hydrogen) atoms. The normalized spacial score (nSPS) is 13.3. The van der Waals surface area contributed by atoms with Crippen LogP contribution >= 0.6 is 11.8 Å². The maximum absolute atomic E-state index is 12.5. The van der Waals surface area contributed by atoms with Gasteiger partial charge in [-0.05, 0) is 53.1 Å². The molecule has 156 valence electrons. The first-order chi connectivity index (χ1) is 15.3. The molecule has 0 radical (unpaired) electrons. The number of benzene rings is 2. The summed E-state index contributed by atoms with van der Waals surface area (Å²) >= 11 is 1.41. The Bertz CT molecular complexity index is 1150. The molecule has 0 aliphatic heterocycles. The second-order valence-electron chi connectivity index (χ2n) is 7.32. The van der Waals surface area contributed by atoms with E-state index in [1.54, 1.807) is 4.68 Å². The number of amides is 1. The van der Waals surface area contributed by atoms with Gasteiger partial charge in [0.25, 0.3) is 0 Å². The molecule has 2 aromatic heterocycles. The maximum atomic E-state index is 12.5. The van der Waals surface area contributed by atoms with Crippen molar-refractivity contribution in [2.75, 3.05) is 11.1 Å². The molecule has 10 heteroatoms. The summed E-state index contributed by atoms with van der Waals surface area (Å²) in [5.74, 6) is 1.66. The molecule has 0 saturated heterocycles. The van der Waals surface area contributed by atoms with Crippen molar-refractivity contribution < 1.29 is 4.79 Å². The topological polar surface area (TPSA) is 103 Å². The van der Waals surface area contributed by atoms with Crippen molar-refractivity contribution in [2.45, 2.75) is 30.5 Å². The van der Waals surface area contributed by atoms with Crippen LogP contribution in [0.25, 0.3) is 5.69 Å². The van der Waals surface area contributed by atoms with Gasteiger partial charge in [-0.3, -0.25) is 4.79 Å². The van der Waals surface area contributed by atoms with E-state index in [0.717, 1.165) is 29.5 Å². The summed E-state index contributed by atoms with van der Waals surface area (Å²) in [7, 11) is 0. The summed E-state index contributed by atoms with van der Waals surface area (Å²) in [6, 6.07) is 17.6. The van der Waals surface area contributed by atoms with Crippen LogP contribution < -0.4 is 5.32 Å². The number of hydrogen-bond acceptors (Lipinski definition) is 7. The molecule has 9 nitrogen and oxygen atoms in total. The van der Waals surface area contributed by atoms with Gasteiger partial charge in [0.05, 0.1) is 18.0 Å².